The van der Waals surface area contributed by atoms with Crippen LogP contribution >= 0.6 is 0 Å². The molecule has 1 atom stereocenters. The zero-order valence-corrected chi connectivity index (χ0v) is 12.4. The normalized spacial score (nSPS) is 17.4. The number of hydrogen-bond acceptors (Lipinski definition) is 3. The van der Waals surface area contributed by atoms with Gasteiger partial charge in [-0.2, -0.15) is 0 Å². The summed E-state index contributed by atoms with van der Waals surface area (Å²) in [5.41, 5.74) is 9.89. The highest BCUT2D eigenvalue weighted by Gasteiger charge is 2.27. The monoisotopic (exact) mass is 280 g/mol. The molecule has 0 fully saturated rings. The Morgan fingerprint density at radius 3 is 2.81 bits per heavy atom. The largest absolute Gasteiger partial charge is 0.384 e. The van der Waals surface area contributed by atoms with Crippen molar-refractivity contribution in [3.05, 3.63) is 53.2 Å². The van der Waals surface area contributed by atoms with E-state index in [9.17, 15) is 0 Å². The number of nitrogens with one attached hydrogen (secondary N) is 1. The van der Waals surface area contributed by atoms with Crippen molar-refractivity contribution in [3.8, 4) is 0 Å². The number of anilines is 2. The Labute approximate surface area is 125 Å². The number of amidine groups is 1. The third-order valence-electron chi connectivity index (χ3n) is 4.06. The van der Waals surface area contributed by atoms with Gasteiger partial charge in [0.2, 0.25) is 0 Å². The summed E-state index contributed by atoms with van der Waals surface area (Å²) in [5, 5.41) is 7.83. The Morgan fingerprint density at radius 1 is 1.29 bits per heavy atom. The van der Waals surface area contributed by atoms with Gasteiger partial charge in [0, 0.05) is 17.4 Å². The molecule has 0 amide bonds. The molecule has 4 nitrogen and oxygen atoms in total. The van der Waals surface area contributed by atoms with E-state index < -0.39 is 0 Å². The first-order valence-corrected chi connectivity index (χ1v) is 7.27. The Morgan fingerprint density at radius 2 is 2.05 bits per heavy atom. The SMILES string of the molecule is Cc1ccc(C(=N)N)c(N2c3ccccc3CCC2C)n1. The van der Waals surface area contributed by atoms with E-state index in [0.717, 1.165) is 24.4 Å². The first-order valence-electron chi connectivity index (χ1n) is 7.27. The first kappa shape index (κ1) is 13.6. The van der Waals surface area contributed by atoms with Crippen LogP contribution in [0.15, 0.2) is 36.4 Å². The van der Waals surface area contributed by atoms with Crippen LogP contribution in [0.4, 0.5) is 11.5 Å². The minimum absolute atomic E-state index is 0.0627. The number of aryl methyl sites for hydroxylation is 2. The Bertz CT molecular complexity index is 693. The van der Waals surface area contributed by atoms with E-state index in [0.29, 0.717) is 11.6 Å². The summed E-state index contributed by atoms with van der Waals surface area (Å²) in [4.78, 5) is 6.90. The van der Waals surface area contributed by atoms with Gasteiger partial charge in [-0.05, 0) is 50.5 Å². The lowest BCUT2D eigenvalue weighted by molar-refractivity contribution is 0.612. The van der Waals surface area contributed by atoms with Gasteiger partial charge in [-0.25, -0.2) is 4.98 Å². The lowest BCUT2D eigenvalue weighted by Gasteiger charge is -2.37. The van der Waals surface area contributed by atoms with E-state index in [2.05, 4.69) is 35.0 Å². The molecule has 0 saturated heterocycles. The van der Waals surface area contributed by atoms with Gasteiger partial charge in [0.15, 0.2) is 0 Å². The smallest absolute Gasteiger partial charge is 0.144 e. The second-order valence-corrected chi connectivity index (χ2v) is 5.62. The molecule has 0 saturated carbocycles. The second-order valence-electron chi connectivity index (χ2n) is 5.62. The highest BCUT2D eigenvalue weighted by molar-refractivity contribution is 6.00. The topological polar surface area (TPSA) is 66.0 Å². The number of rotatable bonds is 2. The zero-order chi connectivity index (χ0) is 15.0. The number of nitrogens with zero attached hydrogens (tertiary/aromatic N) is 2. The van der Waals surface area contributed by atoms with Crippen molar-refractivity contribution in [2.45, 2.75) is 32.7 Å². The van der Waals surface area contributed by atoms with Crippen molar-refractivity contribution < 1.29 is 0 Å². The zero-order valence-electron chi connectivity index (χ0n) is 12.4. The molecule has 0 spiro atoms. The molecule has 1 aromatic heterocycles. The van der Waals surface area contributed by atoms with E-state index in [4.69, 9.17) is 11.1 Å². The van der Waals surface area contributed by atoms with Crippen LogP contribution in [0, 0.1) is 12.3 Å². The fourth-order valence-electron chi connectivity index (χ4n) is 2.95. The average molecular weight is 280 g/mol. The van der Waals surface area contributed by atoms with E-state index in [1.54, 1.807) is 0 Å². The van der Waals surface area contributed by atoms with Gasteiger partial charge in [-0.15, -0.1) is 0 Å². The van der Waals surface area contributed by atoms with Gasteiger partial charge >= 0.3 is 0 Å². The standard InChI is InChI=1S/C17H20N4/c1-11-7-10-14(16(18)19)17(20-11)21-12(2)8-9-13-5-3-4-6-15(13)21/h3-7,10,12H,8-9H2,1-2H3,(H3,18,19). The van der Waals surface area contributed by atoms with Gasteiger partial charge < -0.3 is 10.6 Å². The van der Waals surface area contributed by atoms with Gasteiger partial charge in [-0.1, -0.05) is 18.2 Å². The van der Waals surface area contributed by atoms with Crippen molar-refractivity contribution in [1.82, 2.24) is 4.98 Å². The first-order chi connectivity index (χ1) is 10.1. The summed E-state index contributed by atoms with van der Waals surface area (Å²) in [6.45, 7) is 4.16. The molecule has 1 aliphatic rings. The molecule has 2 heterocycles. The lowest BCUT2D eigenvalue weighted by atomic mass is 9.96. The molecule has 1 unspecified atom stereocenters. The third-order valence-corrected chi connectivity index (χ3v) is 4.06. The number of nitrogens with two attached hydrogens (primary N) is 1. The Kier molecular flexibility index (Phi) is 3.37. The molecular formula is C17H20N4. The van der Waals surface area contributed by atoms with Crippen molar-refractivity contribution in [2.24, 2.45) is 5.73 Å². The van der Waals surface area contributed by atoms with Gasteiger partial charge in [-0.3, -0.25) is 5.41 Å². The highest BCUT2D eigenvalue weighted by Crippen LogP contribution is 2.37. The summed E-state index contributed by atoms with van der Waals surface area (Å²) >= 11 is 0. The molecule has 0 bridgehead atoms. The molecule has 4 heteroatoms. The third kappa shape index (κ3) is 2.37. The maximum atomic E-state index is 7.83. The van der Waals surface area contributed by atoms with Gasteiger partial charge in [0.1, 0.15) is 11.7 Å². The maximum absolute atomic E-state index is 7.83. The number of para-hydroxylation sites is 1. The number of fused-ring (bicyclic) bond motifs is 1. The molecule has 1 aromatic carbocycles. The van der Waals surface area contributed by atoms with Gasteiger partial charge in [0.25, 0.3) is 0 Å². The second kappa shape index (κ2) is 5.20. The Balaban J connectivity index is 2.20. The molecule has 1 aliphatic heterocycles. The number of pyridine rings is 1. The molecule has 21 heavy (non-hydrogen) atoms. The van der Waals surface area contributed by atoms with Gasteiger partial charge in [0.05, 0.1) is 5.56 Å². The van der Waals surface area contributed by atoms with Crippen LogP contribution in [0.25, 0.3) is 0 Å². The fourth-order valence-corrected chi connectivity index (χ4v) is 2.95. The lowest BCUT2D eigenvalue weighted by Crippen LogP contribution is -2.35. The van der Waals surface area contributed by atoms with Crippen molar-refractivity contribution >= 4 is 17.3 Å². The summed E-state index contributed by atoms with van der Waals surface area (Å²) < 4.78 is 0. The molecule has 108 valence electrons. The van der Waals surface area contributed by atoms with Crippen molar-refractivity contribution in [3.63, 3.8) is 0 Å². The number of benzene rings is 1. The van der Waals surface area contributed by atoms with Crippen molar-refractivity contribution in [1.29, 1.82) is 5.41 Å². The predicted octanol–water partition coefficient (Wildman–Crippen LogP) is 3.15. The fraction of sp³-hybridized carbons (Fsp3) is 0.294. The van der Waals surface area contributed by atoms with Crippen molar-refractivity contribution in [2.75, 3.05) is 4.90 Å². The molecular weight excluding hydrogens is 260 g/mol. The minimum atomic E-state index is 0.0627. The van der Waals surface area contributed by atoms with Crippen LogP contribution in [-0.2, 0) is 6.42 Å². The van der Waals surface area contributed by atoms with Crippen LogP contribution in [0.1, 0.15) is 30.2 Å². The van der Waals surface area contributed by atoms with E-state index in [-0.39, 0.29) is 5.84 Å². The van der Waals surface area contributed by atoms with Crippen LogP contribution < -0.4 is 10.6 Å². The quantitative estimate of drug-likeness (QED) is 0.656. The van der Waals surface area contributed by atoms with E-state index >= 15 is 0 Å². The van der Waals surface area contributed by atoms with Crippen LogP contribution in [-0.4, -0.2) is 16.9 Å². The summed E-state index contributed by atoms with van der Waals surface area (Å²) in [7, 11) is 0. The summed E-state index contributed by atoms with van der Waals surface area (Å²) in [6.07, 6.45) is 2.15. The Hall–Kier alpha value is -2.36. The highest BCUT2D eigenvalue weighted by atomic mass is 15.2. The number of nitrogen functional groups attached to an aromatic ring is 1. The molecule has 3 N–H and O–H groups in total. The number of aromatic nitrogens is 1. The van der Waals surface area contributed by atoms with Crippen LogP contribution in [0.3, 0.4) is 0 Å². The van der Waals surface area contributed by atoms with E-state index in [1.165, 1.54) is 11.3 Å². The summed E-state index contributed by atoms with van der Waals surface area (Å²) in [6, 6.07) is 12.5. The van der Waals surface area contributed by atoms with Crippen LogP contribution in [0.5, 0.6) is 0 Å². The molecule has 2 aromatic rings. The average Bonchev–Trinajstić information content (AvgIpc) is 2.46. The van der Waals surface area contributed by atoms with E-state index in [1.807, 2.05) is 25.1 Å². The molecule has 0 aliphatic carbocycles. The summed E-state index contributed by atoms with van der Waals surface area (Å²) in [5.74, 6) is 0.856. The molecule has 3 rings (SSSR count). The maximum Gasteiger partial charge on any atom is 0.144 e. The molecule has 0 radical (unpaired) electrons. The number of hydrogen-bond donors (Lipinski definition) is 2. The predicted molar refractivity (Wildman–Crippen MR) is 86.4 cm³/mol. The van der Waals surface area contributed by atoms with Crippen LogP contribution in [0.2, 0.25) is 0 Å². The minimum Gasteiger partial charge on any atom is -0.384 e.